The molecule has 1 fully saturated rings. The topological polar surface area (TPSA) is 32.9 Å². The van der Waals surface area contributed by atoms with Crippen molar-refractivity contribution in [2.24, 2.45) is 0 Å². The number of aromatic nitrogens is 1. The van der Waals surface area contributed by atoms with E-state index in [1.54, 1.807) is 6.20 Å². The first kappa shape index (κ1) is 11.3. The summed E-state index contributed by atoms with van der Waals surface area (Å²) in [6.07, 6.45) is 5.81. The fourth-order valence-electron chi connectivity index (χ4n) is 2.45. The molecule has 0 spiro atoms. The second-order valence-corrected chi connectivity index (χ2v) is 5.15. The van der Waals surface area contributed by atoms with Crippen molar-refractivity contribution in [2.45, 2.75) is 32.1 Å². The maximum absolute atomic E-state index is 11.3. The van der Waals surface area contributed by atoms with E-state index in [-0.39, 0.29) is 5.56 Å². The Balaban J connectivity index is 1.91. The summed E-state index contributed by atoms with van der Waals surface area (Å²) in [4.78, 5) is 14.1. The van der Waals surface area contributed by atoms with Gasteiger partial charge in [-0.25, -0.2) is 0 Å². The summed E-state index contributed by atoms with van der Waals surface area (Å²) in [7, 11) is 0. The van der Waals surface area contributed by atoms with Crippen molar-refractivity contribution in [1.29, 1.82) is 0 Å². The first-order chi connectivity index (χ1) is 8.74. The first-order valence-electron chi connectivity index (χ1n) is 6.54. The Kier molecular flexibility index (Phi) is 2.78. The van der Waals surface area contributed by atoms with Gasteiger partial charge in [0.15, 0.2) is 0 Å². The fourth-order valence-corrected chi connectivity index (χ4v) is 2.45. The fraction of sp³-hybridized carbons (Fsp3) is 0.312. The molecule has 0 amide bonds. The predicted molar refractivity (Wildman–Crippen MR) is 73.8 cm³/mol. The summed E-state index contributed by atoms with van der Waals surface area (Å²) < 4.78 is 0. The average Bonchev–Trinajstić information content (AvgIpc) is 2.32. The number of hydrogen-bond acceptors (Lipinski definition) is 1. The van der Waals surface area contributed by atoms with Crippen LogP contribution >= 0.6 is 0 Å². The molecule has 92 valence electrons. The van der Waals surface area contributed by atoms with Crippen molar-refractivity contribution < 1.29 is 0 Å². The van der Waals surface area contributed by atoms with E-state index in [1.165, 1.54) is 24.8 Å². The maximum Gasteiger partial charge on any atom is 0.250 e. The molecule has 1 aromatic heterocycles. The van der Waals surface area contributed by atoms with Gasteiger partial charge in [0.1, 0.15) is 0 Å². The molecule has 1 aliphatic rings. The van der Waals surface area contributed by atoms with Gasteiger partial charge in [-0.05, 0) is 48.4 Å². The van der Waals surface area contributed by atoms with E-state index in [0.29, 0.717) is 0 Å². The van der Waals surface area contributed by atoms with Crippen molar-refractivity contribution >= 4 is 0 Å². The summed E-state index contributed by atoms with van der Waals surface area (Å²) in [6.45, 7) is 1.84. The number of aryl methyl sites for hydroxylation is 1. The molecule has 2 nitrogen and oxygen atoms in total. The number of pyridine rings is 1. The molecule has 3 rings (SSSR count). The van der Waals surface area contributed by atoms with E-state index in [9.17, 15) is 4.79 Å². The molecule has 0 radical (unpaired) electrons. The molecule has 1 aromatic carbocycles. The van der Waals surface area contributed by atoms with Gasteiger partial charge in [-0.2, -0.15) is 0 Å². The van der Waals surface area contributed by atoms with Crippen LogP contribution in [0.25, 0.3) is 11.1 Å². The Hall–Kier alpha value is -1.83. The van der Waals surface area contributed by atoms with Crippen molar-refractivity contribution in [3.63, 3.8) is 0 Å². The van der Waals surface area contributed by atoms with E-state index in [4.69, 9.17) is 0 Å². The Morgan fingerprint density at radius 1 is 1.11 bits per heavy atom. The molecule has 18 heavy (non-hydrogen) atoms. The van der Waals surface area contributed by atoms with Gasteiger partial charge in [0, 0.05) is 11.8 Å². The molecular weight excluding hydrogens is 222 g/mol. The molecule has 2 aromatic rings. The summed E-state index contributed by atoms with van der Waals surface area (Å²) in [5.41, 5.74) is 4.44. The highest BCUT2D eigenvalue weighted by atomic mass is 16.1. The molecule has 1 saturated carbocycles. The molecule has 0 saturated heterocycles. The Morgan fingerprint density at radius 3 is 2.39 bits per heavy atom. The third kappa shape index (κ3) is 1.99. The van der Waals surface area contributed by atoms with Gasteiger partial charge in [0.05, 0.1) is 0 Å². The zero-order chi connectivity index (χ0) is 12.5. The summed E-state index contributed by atoms with van der Waals surface area (Å²) in [5, 5.41) is 0. The highest BCUT2D eigenvalue weighted by molar-refractivity contribution is 5.63. The van der Waals surface area contributed by atoms with Crippen molar-refractivity contribution in [2.75, 3.05) is 0 Å². The molecule has 2 heteroatoms. The molecule has 1 heterocycles. The Labute approximate surface area is 107 Å². The number of H-pyrrole nitrogens is 1. The normalized spacial score (nSPS) is 15.4. The van der Waals surface area contributed by atoms with Gasteiger partial charge in [-0.3, -0.25) is 4.79 Å². The smallest absolute Gasteiger partial charge is 0.250 e. The number of nitrogens with one attached hydrogen (secondary N) is 1. The van der Waals surface area contributed by atoms with E-state index in [0.717, 1.165) is 22.6 Å². The summed E-state index contributed by atoms with van der Waals surface area (Å²) in [6, 6.07) is 10.7. The van der Waals surface area contributed by atoms with E-state index in [2.05, 4.69) is 29.2 Å². The predicted octanol–water partition coefficient (Wildman–Crippen LogP) is 3.62. The molecule has 1 N–H and O–H groups in total. The lowest BCUT2D eigenvalue weighted by atomic mass is 9.80. The van der Waals surface area contributed by atoms with Crippen LogP contribution in [0, 0.1) is 6.92 Å². The van der Waals surface area contributed by atoms with Crippen LogP contribution in [-0.2, 0) is 0 Å². The minimum atomic E-state index is -0.00941. The van der Waals surface area contributed by atoms with Crippen molar-refractivity contribution in [1.82, 2.24) is 4.98 Å². The third-order valence-electron chi connectivity index (χ3n) is 3.91. The molecule has 1 aliphatic carbocycles. The third-order valence-corrected chi connectivity index (χ3v) is 3.91. The Bertz CT molecular complexity index is 606. The number of benzene rings is 1. The number of rotatable bonds is 2. The van der Waals surface area contributed by atoms with E-state index >= 15 is 0 Å². The van der Waals surface area contributed by atoms with Crippen LogP contribution < -0.4 is 5.56 Å². The van der Waals surface area contributed by atoms with E-state index in [1.807, 2.05) is 13.0 Å². The lowest BCUT2D eigenvalue weighted by molar-refractivity contribution is 0.420. The van der Waals surface area contributed by atoms with Crippen LogP contribution in [-0.4, -0.2) is 4.98 Å². The summed E-state index contributed by atoms with van der Waals surface area (Å²) in [5.74, 6) is 0.774. The van der Waals surface area contributed by atoms with E-state index < -0.39 is 0 Å². The highest BCUT2D eigenvalue weighted by Gasteiger charge is 2.18. The quantitative estimate of drug-likeness (QED) is 0.853. The minimum absolute atomic E-state index is 0.00941. The van der Waals surface area contributed by atoms with Gasteiger partial charge in [0.25, 0.3) is 5.56 Å². The van der Waals surface area contributed by atoms with Gasteiger partial charge >= 0.3 is 0 Å². The van der Waals surface area contributed by atoms with Crippen molar-refractivity contribution in [3.8, 4) is 11.1 Å². The van der Waals surface area contributed by atoms with Crippen LogP contribution in [0.3, 0.4) is 0 Å². The Morgan fingerprint density at radius 2 is 1.83 bits per heavy atom. The molecule has 0 aliphatic heterocycles. The largest absolute Gasteiger partial charge is 0.328 e. The van der Waals surface area contributed by atoms with Crippen LogP contribution in [0.15, 0.2) is 41.3 Å². The first-order valence-corrected chi connectivity index (χ1v) is 6.54. The second-order valence-electron chi connectivity index (χ2n) is 5.15. The zero-order valence-electron chi connectivity index (χ0n) is 10.6. The lowest BCUT2D eigenvalue weighted by Gasteiger charge is -2.25. The zero-order valence-corrected chi connectivity index (χ0v) is 10.6. The lowest BCUT2D eigenvalue weighted by Crippen LogP contribution is -2.09. The van der Waals surface area contributed by atoms with Gasteiger partial charge in [0.2, 0.25) is 0 Å². The van der Waals surface area contributed by atoms with Crippen LogP contribution in [0.5, 0.6) is 0 Å². The average molecular weight is 239 g/mol. The van der Waals surface area contributed by atoms with Crippen LogP contribution in [0.4, 0.5) is 0 Å². The number of aromatic amines is 1. The van der Waals surface area contributed by atoms with Gasteiger partial charge < -0.3 is 4.98 Å². The highest BCUT2D eigenvalue weighted by Crippen LogP contribution is 2.36. The van der Waals surface area contributed by atoms with Crippen LogP contribution in [0.1, 0.15) is 36.3 Å². The summed E-state index contributed by atoms with van der Waals surface area (Å²) >= 11 is 0. The molecule has 0 bridgehead atoms. The van der Waals surface area contributed by atoms with Gasteiger partial charge in [-0.1, -0.05) is 30.7 Å². The standard InChI is InChI=1S/C16H17NO/c1-11-9-15(10-17-16(11)18)14-7-5-13(6-8-14)12-3-2-4-12/h5-10,12H,2-4H2,1H3,(H,17,18). The number of hydrogen-bond donors (Lipinski definition) is 1. The van der Waals surface area contributed by atoms with Crippen molar-refractivity contribution in [3.05, 3.63) is 58.0 Å². The monoisotopic (exact) mass is 239 g/mol. The molecular formula is C16H17NO. The molecule has 0 unspecified atom stereocenters. The van der Waals surface area contributed by atoms with Crippen LogP contribution in [0.2, 0.25) is 0 Å². The second kappa shape index (κ2) is 4.45. The van der Waals surface area contributed by atoms with Gasteiger partial charge in [-0.15, -0.1) is 0 Å². The molecule has 0 atom stereocenters. The SMILES string of the molecule is Cc1cc(-c2ccc(C3CCC3)cc2)c[nH]c1=O. The minimum Gasteiger partial charge on any atom is -0.328 e. The maximum atomic E-state index is 11.3.